The van der Waals surface area contributed by atoms with Crippen molar-refractivity contribution in [2.24, 2.45) is 5.92 Å². The Balaban J connectivity index is 1.89. The maximum Gasteiger partial charge on any atom is 0.212 e. The molecule has 2 heterocycles. The number of nitrogens with zero attached hydrogens (tertiary/aromatic N) is 2. The monoisotopic (exact) mass is 277 g/mol. The normalized spacial score (nSPS) is 16.6. The topological polar surface area (TPSA) is 37.4 Å². The lowest BCUT2D eigenvalue weighted by molar-refractivity contribution is 0.198. The minimum absolute atomic E-state index is 0.689. The summed E-state index contributed by atoms with van der Waals surface area (Å²) in [6.07, 6.45) is 5.75. The lowest BCUT2D eigenvalue weighted by Gasteiger charge is -2.30. The fourth-order valence-electron chi connectivity index (χ4n) is 2.86. The number of rotatable bonds is 7. The van der Waals surface area contributed by atoms with Crippen molar-refractivity contribution in [1.29, 1.82) is 0 Å². The van der Waals surface area contributed by atoms with Crippen LogP contribution >= 0.6 is 0 Å². The number of pyridine rings is 1. The van der Waals surface area contributed by atoms with E-state index < -0.39 is 0 Å². The van der Waals surface area contributed by atoms with Crippen molar-refractivity contribution in [2.75, 3.05) is 33.3 Å². The van der Waals surface area contributed by atoms with E-state index in [0.717, 1.165) is 19.0 Å². The van der Waals surface area contributed by atoms with Crippen LogP contribution in [0, 0.1) is 5.92 Å². The zero-order chi connectivity index (χ0) is 14.2. The second-order valence-electron chi connectivity index (χ2n) is 5.64. The number of ether oxygens (including phenoxy) is 1. The van der Waals surface area contributed by atoms with Gasteiger partial charge in [0.25, 0.3) is 0 Å². The molecule has 0 atom stereocenters. The predicted molar refractivity (Wildman–Crippen MR) is 82.0 cm³/mol. The van der Waals surface area contributed by atoms with Crippen LogP contribution in [-0.4, -0.2) is 43.2 Å². The van der Waals surface area contributed by atoms with E-state index in [4.69, 9.17) is 4.74 Å². The van der Waals surface area contributed by atoms with Crippen molar-refractivity contribution < 1.29 is 4.74 Å². The van der Waals surface area contributed by atoms with Crippen LogP contribution in [0.2, 0.25) is 0 Å². The number of hydrogen-bond acceptors (Lipinski definition) is 4. The first-order valence-corrected chi connectivity index (χ1v) is 7.73. The molecule has 20 heavy (non-hydrogen) atoms. The van der Waals surface area contributed by atoms with E-state index >= 15 is 0 Å². The van der Waals surface area contributed by atoms with Crippen molar-refractivity contribution in [3.8, 4) is 5.88 Å². The summed E-state index contributed by atoms with van der Waals surface area (Å²) in [4.78, 5) is 6.87. The Morgan fingerprint density at radius 2 is 2.15 bits per heavy atom. The quantitative estimate of drug-likeness (QED) is 0.830. The molecule has 112 valence electrons. The first-order valence-electron chi connectivity index (χ1n) is 7.73. The minimum Gasteiger partial charge on any atom is -0.481 e. The molecule has 1 aliphatic rings. The van der Waals surface area contributed by atoms with Gasteiger partial charge in [-0.2, -0.15) is 0 Å². The molecule has 0 amide bonds. The molecule has 0 saturated carbocycles. The molecule has 0 bridgehead atoms. The number of aromatic nitrogens is 1. The second kappa shape index (κ2) is 8.22. The van der Waals surface area contributed by atoms with E-state index in [2.05, 4.69) is 28.2 Å². The van der Waals surface area contributed by atoms with Gasteiger partial charge in [-0.15, -0.1) is 0 Å². The van der Waals surface area contributed by atoms with Gasteiger partial charge >= 0.3 is 0 Å². The van der Waals surface area contributed by atoms with E-state index in [0.29, 0.717) is 5.88 Å². The third-order valence-electron chi connectivity index (χ3n) is 3.93. The molecule has 1 aromatic rings. The van der Waals surface area contributed by atoms with Crippen LogP contribution in [0.15, 0.2) is 18.3 Å². The van der Waals surface area contributed by atoms with Crippen LogP contribution in [0.3, 0.4) is 0 Å². The Bertz CT molecular complexity index is 374. The number of nitrogens with one attached hydrogen (secondary N) is 1. The lowest BCUT2D eigenvalue weighted by atomic mass is 9.97. The summed E-state index contributed by atoms with van der Waals surface area (Å²) in [5.74, 6) is 1.53. The van der Waals surface area contributed by atoms with Gasteiger partial charge in [0.2, 0.25) is 5.88 Å². The van der Waals surface area contributed by atoms with Crippen molar-refractivity contribution in [2.45, 2.75) is 32.7 Å². The van der Waals surface area contributed by atoms with E-state index in [1.54, 1.807) is 7.11 Å². The molecule has 1 N–H and O–H groups in total. The summed E-state index contributed by atoms with van der Waals surface area (Å²) in [6, 6.07) is 4.07. The van der Waals surface area contributed by atoms with Crippen molar-refractivity contribution in [1.82, 2.24) is 15.2 Å². The van der Waals surface area contributed by atoms with Crippen LogP contribution < -0.4 is 10.1 Å². The van der Waals surface area contributed by atoms with Gasteiger partial charge in [0.05, 0.1) is 7.11 Å². The van der Waals surface area contributed by atoms with E-state index in [1.807, 2.05) is 12.3 Å². The summed E-state index contributed by atoms with van der Waals surface area (Å²) < 4.78 is 5.11. The fourth-order valence-corrected chi connectivity index (χ4v) is 2.86. The molecule has 0 aromatic carbocycles. The van der Waals surface area contributed by atoms with Crippen LogP contribution in [0.1, 0.15) is 31.7 Å². The molecule has 4 nitrogen and oxygen atoms in total. The molecule has 2 rings (SSSR count). The van der Waals surface area contributed by atoms with E-state index in [-0.39, 0.29) is 0 Å². The Labute approximate surface area is 122 Å². The molecule has 0 aliphatic carbocycles. The van der Waals surface area contributed by atoms with Gasteiger partial charge in [-0.1, -0.05) is 13.0 Å². The average Bonchev–Trinajstić information content (AvgIpc) is 2.49. The molecule has 1 fully saturated rings. The highest BCUT2D eigenvalue weighted by molar-refractivity contribution is 5.17. The van der Waals surface area contributed by atoms with Gasteiger partial charge in [0, 0.05) is 25.4 Å². The summed E-state index contributed by atoms with van der Waals surface area (Å²) in [5, 5.41) is 3.44. The van der Waals surface area contributed by atoms with Crippen LogP contribution in [0.5, 0.6) is 5.88 Å². The van der Waals surface area contributed by atoms with Crippen molar-refractivity contribution >= 4 is 0 Å². The molecule has 1 aliphatic heterocycles. The zero-order valence-corrected chi connectivity index (χ0v) is 12.8. The first kappa shape index (κ1) is 15.3. The smallest absolute Gasteiger partial charge is 0.212 e. The summed E-state index contributed by atoms with van der Waals surface area (Å²) >= 11 is 0. The fraction of sp³-hybridized carbons (Fsp3) is 0.688. The molecule has 0 unspecified atom stereocenters. The molecule has 0 radical (unpaired) electrons. The average molecular weight is 277 g/mol. The summed E-state index contributed by atoms with van der Waals surface area (Å²) in [7, 11) is 1.66. The predicted octanol–water partition coefficient (Wildman–Crippen LogP) is 2.30. The highest BCUT2D eigenvalue weighted by atomic mass is 16.5. The second-order valence-corrected chi connectivity index (χ2v) is 5.64. The van der Waals surface area contributed by atoms with E-state index in [1.165, 1.54) is 44.5 Å². The van der Waals surface area contributed by atoms with Crippen LogP contribution in [0.25, 0.3) is 0 Å². The van der Waals surface area contributed by atoms with Gasteiger partial charge in [0.1, 0.15) is 0 Å². The Kier molecular flexibility index (Phi) is 6.27. The first-order chi connectivity index (χ1) is 9.81. The van der Waals surface area contributed by atoms with Crippen LogP contribution in [0.4, 0.5) is 0 Å². The molecular weight excluding hydrogens is 250 g/mol. The third kappa shape index (κ3) is 4.76. The number of hydrogen-bond donors (Lipinski definition) is 1. The number of methoxy groups -OCH3 is 1. The summed E-state index contributed by atoms with van der Waals surface area (Å²) in [5.41, 5.74) is 1.27. The van der Waals surface area contributed by atoms with Crippen LogP contribution in [-0.2, 0) is 6.54 Å². The maximum atomic E-state index is 5.11. The highest BCUT2D eigenvalue weighted by Crippen LogP contribution is 2.16. The Hall–Kier alpha value is -1.13. The maximum absolute atomic E-state index is 5.11. The van der Waals surface area contributed by atoms with Gasteiger partial charge < -0.3 is 10.1 Å². The molecular formula is C16H27N3O. The van der Waals surface area contributed by atoms with Crippen molar-refractivity contribution in [3.05, 3.63) is 23.9 Å². The molecule has 1 saturated heterocycles. The van der Waals surface area contributed by atoms with Gasteiger partial charge in [-0.3, -0.25) is 4.90 Å². The molecule has 1 aromatic heterocycles. The van der Waals surface area contributed by atoms with E-state index in [9.17, 15) is 0 Å². The molecule has 0 spiro atoms. The zero-order valence-electron chi connectivity index (χ0n) is 12.8. The largest absolute Gasteiger partial charge is 0.481 e. The third-order valence-corrected chi connectivity index (χ3v) is 3.93. The lowest BCUT2D eigenvalue weighted by Crippen LogP contribution is -2.36. The summed E-state index contributed by atoms with van der Waals surface area (Å²) in [6.45, 7) is 7.97. The van der Waals surface area contributed by atoms with Crippen molar-refractivity contribution in [3.63, 3.8) is 0 Å². The highest BCUT2D eigenvalue weighted by Gasteiger charge is 2.16. The number of piperidine rings is 1. The standard InChI is InChI=1S/C16H27N3O/c1-3-10-19(12-14-6-8-17-9-7-14)13-15-4-5-16(20-2)18-11-15/h4-5,11,14,17H,3,6-10,12-13H2,1-2H3. The molecule has 4 heteroatoms. The Morgan fingerprint density at radius 3 is 2.75 bits per heavy atom. The minimum atomic E-state index is 0.689. The SMILES string of the molecule is CCCN(Cc1ccc(OC)nc1)CC1CCNCC1. The Morgan fingerprint density at radius 1 is 1.35 bits per heavy atom. The van der Waals surface area contributed by atoms with Gasteiger partial charge in [-0.25, -0.2) is 4.98 Å². The van der Waals surface area contributed by atoms with Gasteiger partial charge in [0.15, 0.2) is 0 Å². The van der Waals surface area contributed by atoms with Gasteiger partial charge in [-0.05, 0) is 50.4 Å².